The molecule has 1 aliphatic carbocycles. The van der Waals surface area contributed by atoms with Crippen LogP contribution in [0.15, 0.2) is 18.2 Å². The summed E-state index contributed by atoms with van der Waals surface area (Å²) in [5, 5.41) is 0. The van der Waals surface area contributed by atoms with Gasteiger partial charge in [0.2, 0.25) is 5.95 Å². The van der Waals surface area contributed by atoms with Crippen molar-refractivity contribution in [2.24, 2.45) is 0 Å². The number of imidazole rings is 1. The SMILES string of the molecule is COc1ccc2nc(N)n(CC3(OC)CCC3)c2c1. The molecule has 5 heteroatoms. The molecule has 0 aliphatic heterocycles. The molecule has 0 unspecified atom stereocenters. The van der Waals surface area contributed by atoms with E-state index in [1.165, 1.54) is 6.42 Å². The molecule has 2 N–H and O–H groups in total. The summed E-state index contributed by atoms with van der Waals surface area (Å²) in [5.74, 6) is 1.35. The van der Waals surface area contributed by atoms with Gasteiger partial charge < -0.3 is 19.8 Å². The summed E-state index contributed by atoms with van der Waals surface area (Å²) in [7, 11) is 3.43. The molecule has 0 amide bonds. The number of nitrogens with zero attached hydrogens (tertiary/aromatic N) is 2. The minimum atomic E-state index is -0.0785. The first kappa shape index (κ1) is 12.3. The van der Waals surface area contributed by atoms with Crippen LogP contribution in [-0.2, 0) is 11.3 Å². The highest BCUT2D eigenvalue weighted by atomic mass is 16.5. The van der Waals surface area contributed by atoms with Crippen LogP contribution in [0.5, 0.6) is 5.75 Å². The fourth-order valence-corrected chi connectivity index (χ4v) is 2.70. The van der Waals surface area contributed by atoms with Gasteiger partial charge in [-0.25, -0.2) is 4.98 Å². The lowest BCUT2D eigenvalue weighted by Gasteiger charge is -2.40. The van der Waals surface area contributed by atoms with E-state index in [-0.39, 0.29) is 5.60 Å². The van der Waals surface area contributed by atoms with Crippen molar-refractivity contribution in [3.63, 3.8) is 0 Å². The van der Waals surface area contributed by atoms with E-state index in [1.807, 2.05) is 22.8 Å². The third-order valence-corrected chi connectivity index (χ3v) is 4.13. The molecule has 1 aromatic heterocycles. The van der Waals surface area contributed by atoms with Crippen molar-refractivity contribution < 1.29 is 9.47 Å². The minimum absolute atomic E-state index is 0.0785. The van der Waals surface area contributed by atoms with E-state index in [4.69, 9.17) is 15.2 Å². The first-order valence-corrected chi connectivity index (χ1v) is 6.52. The highest BCUT2D eigenvalue weighted by molar-refractivity contribution is 5.80. The molecule has 5 nitrogen and oxygen atoms in total. The summed E-state index contributed by atoms with van der Waals surface area (Å²) in [5.41, 5.74) is 7.86. The van der Waals surface area contributed by atoms with Gasteiger partial charge in [0.25, 0.3) is 0 Å². The number of hydrogen-bond donors (Lipinski definition) is 1. The van der Waals surface area contributed by atoms with Gasteiger partial charge in [0.15, 0.2) is 0 Å². The van der Waals surface area contributed by atoms with Crippen LogP contribution in [-0.4, -0.2) is 29.4 Å². The molecule has 0 bridgehead atoms. The van der Waals surface area contributed by atoms with Gasteiger partial charge in [-0.3, -0.25) is 0 Å². The Morgan fingerprint density at radius 2 is 2.16 bits per heavy atom. The number of nitrogens with two attached hydrogens (primary N) is 1. The maximum absolute atomic E-state index is 6.04. The third kappa shape index (κ3) is 1.94. The highest BCUT2D eigenvalue weighted by Gasteiger charge is 2.38. The summed E-state index contributed by atoms with van der Waals surface area (Å²) in [6, 6.07) is 5.80. The number of nitrogen functional groups attached to an aromatic ring is 1. The van der Waals surface area contributed by atoms with Crippen LogP contribution in [0.1, 0.15) is 19.3 Å². The van der Waals surface area contributed by atoms with Gasteiger partial charge in [-0.05, 0) is 31.4 Å². The molecular weight excluding hydrogens is 242 g/mol. The predicted octanol–water partition coefficient (Wildman–Crippen LogP) is 2.20. The molecule has 1 saturated carbocycles. The number of methoxy groups -OCH3 is 2. The van der Waals surface area contributed by atoms with Gasteiger partial charge in [0, 0.05) is 13.2 Å². The van der Waals surface area contributed by atoms with Crippen molar-refractivity contribution in [2.75, 3.05) is 20.0 Å². The second-order valence-electron chi connectivity index (χ2n) is 5.15. The molecule has 1 aromatic carbocycles. The molecule has 1 heterocycles. The Labute approximate surface area is 112 Å². The monoisotopic (exact) mass is 261 g/mol. The summed E-state index contributed by atoms with van der Waals surface area (Å²) in [6.45, 7) is 0.749. The van der Waals surface area contributed by atoms with Crippen molar-refractivity contribution in [1.82, 2.24) is 9.55 Å². The zero-order valence-electron chi connectivity index (χ0n) is 11.3. The lowest BCUT2D eigenvalue weighted by atomic mass is 9.80. The molecule has 102 valence electrons. The van der Waals surface area contributed by atoms with Crippen LogP contribution in [0.2, 0.25) is 0 Å². The Hall–Kier alpha value is -1.75. The molecule has 1 aliphatic rings. The largest absolute Gasteiger partial charge is 0.497 e. The fourth-order valence-electron chi connectivity index (χ4n) is 2.70. The standard InChI is InChI=1S/C14H19N3O2/c1-18-10-4-5-11-12(8-10)17(13(15)16-11)9-14(19-2)6-3-7-14/h4-5,8H,3,6-7,9H2,1-2H3,(H2,15,16). The molecule has 1 fully saturated rings. The Morgan fingerprint density at radius 1 is 1.37 bits per heavy atom. The first-order valence-electron chi connectivity index (χ1n) is 6.52. The quantitative estimate of drug-likeness (QED) is 0.916. The highest BCUT2D eigenvalue weighted by Crippen LogP contribution is 2.38. The van der Waals surface area contributed by atoms with Gasteiger partial charge in [0.05, 0.1) is 30.3 Å². The van der Waals surface area contributed by atoms with E-state index in [2.05, 4.69) is 4.98 Å². The van der Waals surface area contributed by atoms with Gasteiger partial charge in [-0.1, -0.05) is 0 Å². The smallest absolute Gasteiger partial charge is 0.201 e. The lowest BCUT2D eigenvalue weighted by Crippen LogP contribution is -2.43. The first-order chi connectivity index (χ1) is 9.17. The maximum atomic E-state index is 6.04. The van der Waals surface area contributed by atoms with Crippen molar-refractivity contribution in [3.05, 3.63) is 18.2 Å². The molecule has 0 radical (unpaired) electrons. The Kier molecular flexibility index (Phi) is 2.86. The van der Waals surface area contributed by atoms with E-state index in [1.54, 1.807) is 14.2 Å². The number of aromatic nitrogens is 2. The van der Waals surface area contributed by atoms with Gasteiger partial charge in [0.1, 0.15) is 5.75 Å². The molecule has 19 heavy (non-hydrogen) atoms. The van der Waals surface area contributed by atoms with E-state index in [9.17, 15) is 0 Å². The van der Waals surface area contributed by atoms with Crippen LogP contribution in [0.3, 0.4) is 0 Å². The zero-order valence-corrected chi connectivity index (χ0v) is 11.3. The predicted molar refractivity (Wildman–Crippen MR) is 74.3 cm³/mol. The molecule has 3 rings (SSSR count). The Balaban J connectivity index is 2.04. The van der Waals surface area contributed by atoms with E-state index < -0.39 is 0 Å². The number of rotatable bonds is 4. The molecule has 0 spiro atoms. The fraction of sp³-hybridized carbons (Fsp3) is 0.500. The summed E-state index contributed by atoms with van der Waals surface area (Å²) in [4.78, 5) is 4.39. The van der Waals surface area contributed by atoms with Gasteiger partial charge in [-0.2, -0.15) is 0 Å². The third-order valence-electron chi connectivity index (χ3n) is 4.13. The topological polar surface area (TPSA) is 62.3 Å². The number of fused-ring (bicyclic) bond motifs is 1. The average molecular weight is 261 g/mol. The average Bonchev–Trinajstić information content (AvgIpc) is 2.69. The summed E-state index contributed by atoms with van der Waals surface area (Å²) >= 11 is 0. The molecule has 0 atom stereocenters. The molecule has 2 aromatic rings. The number of ether oxygens (including phenoxy) is 2. The molecule has 0 saturated heterocycles. The van der Waals surface area contributed by atoms with Crippen LogP contribution < -0.4 is 10.5 Å². The second-order valence-corrected chi connectivity index (χ2v) is 5.15. The van der Waals surface area contributed by atoms with Crippen LogP contribution in [0, 0.1) is 0 Å². The van der Waals surface area contributed by atoms with Crippen LogP contribution in [0.25, 0.3) is 11.0 Å². The second kappa shape index (κ2) is 4.42. The Morgan fingerprint density at radius 3 is 2.74 bits per heavy atom. The Bertz CT molecular complexity index is 596. The summed E-state index contributed by atoms with van der Waals surface area (Å²) < 4.78 is 13.0. The van der Waals surface area contributed by atoms with Gasteiger partial charge in [-0.15, -0.1) is 0 Å². The van der Waals surface area contributed by atoms with E-state index in [0.29, 0.717) is 5.95 Å². The number of anilines is 1. The maximum Gasteiger partial charge on any atom is 0.201 e. The van der Waals surface area contributed by atoms with Crippen molar-refractivity contribution >= 4 is 17.0 Å². The van der Waals surface area contributed by atoms with Crippen molar-refractivity contribution in [1.29, 1.82) is 0 Å². The summed E-state index contributed by atoms with van der Waals surface area (Å²) in [6.07, 6.45) is 3.36. The van der Waals surface area contributed by atoms with E-state index >= 15 is 0 Å². The van der Waals surface area contributed by atoms with E-state index in [0.717, 1.165) is 36.2 Å². The van der Waals surface area contributed by atoms with Crippen molar-refractivity contribution in [2.45, 2.75) is 31.4 Å². The van der Waals surface area contributed by atoms with Crippen LogP contribution >= 0.6 is 0 Å². The number of benzene rings is 1. The normalized spacial score (nSPS) is 17.4. The minimum Gasteiger partial charge on any atom is -0.497 e. The zero-order chi connectivity index (χ0) is 13.5. The lowest BCUT2D eigenvalue weighted by molar-refractivity contribution is -0.0824. The van der Waals surface area contributed by atoms with Gasteiger partial charge >= 0.3 is 0 Å². The van der Waals surface area contributed by atoms with Crippen molar-refractivity contribution in [3.8, 4) is 5.75 Å². The molecular formula is C14H19N3O2. The van der Waals surface area contributed by atoms with Crippen LogP contribution in [0.4, 0.5) is 5.95 Å². The number of hydrogen-bond acceptors (Lipinski definition) is 4.